The maximum absolute atomic E-state index is 13.0. The van der Waals surface area contributed by atoms with Crippen LogP contribution < -0.4 is 15.0 Å². The van der Waals surface area contributed by atoms with Crippen LogP contribution >= 0.6 is 0 Å². The Morgan fingerprint density at radius 2 is 1.81 bits per heavy atom. The number of halogens is 1. The largest absolute Gasteiger partial charge is 0.506 e. The van der Waals surface area contributed by atoms with E-state index in [2.05, 4.69) is 25.1 Å². The number of nitrogens with zero attached hydrogens (tertiary/aromatic N) is 4. The molecule has 0 aliphatic carbocycles. The van der Waals surface area contributed by atoms with Gasteiger partial charge in [0.2, 0.25) is 5.88 Å². The summed E-state index contributed by atoms with van der Waals surface area (Å²) in [6.07, 6.45) is 1.75. The fourth-order valence-corrected chi connectivity index (χ4v) is 3.60. The van der Waals surface area contributed by atoms with Gasteiger partial charge in [0.05, 0.1) is 5.69 Å². The SMILES string of the molecule is CN=C(NCc1ccc(Oc2ccc(F)cc2)nc1)N1CCN(c2ccccc2O)CC1. The molecule has 1 fully saturated rings. The Morgan fingerprint density at radius 3 is 2.47 bits per heavy atom. The van der Waals surface area contributed by atoms with Crippen LogP contribution in [-0.2, 0) is 6.54 Å². The fourth-order valence-electron chi connectivity index (χ4n) is 3.60. The molecule has 166 valence electrons. The molecule has 0 spiro atoms. The van der Waals surface area contributed by atoms with Crippen molar-refractivity contribution in [3.05, 3.63) is 78.2 Å². The fraction of sp³-hybridized carbons (Fsp3) is 0.250. The first-order chi connectivity index (χ1) is 15.6. The quantitative estimate of drug-likeness (QED) is 0.471. The van der Waals surface area contributed by atoms with E-state index in [-0.39, 0.29) is 5.82 Å². The number of piperazine rings is 1. The van der Waals surface area contributed by atoms with Crippen LogP contribution in [0.3, 0.4) is 0 Å². The van der Waals surface area contributed by atoms with Gasteiger partial charge >= 0.3 is 0 Å². The molecule has 3 aromatic rings. The number of benzene rings is 2. The van der Waals surface area contributed by atoms with E-state index < -0.39 is 0 Å². The number of aliphatic imine (C=N–C) groups is 1. The van der Waals surface area contributed by atoms with Gasteiger partial charge in [0.25, 0.3) is 0 Å². The second-order valence-electron chi connectivity index (χ2n) is 7.42. The van der Waals surface area contributed by atoms with Gasteiger partial charge in [0.1, 0.15) is 17.3 Å². The maximum atomic E-state index is 13.0. The summed E-state index contributed by atoms with van der Waals surface area (Å²) in [5.74, 6) is 1.81. The Hall–Kier alpha value is -3.81. The summed E-state index contributed by atoms with van der Waals surface area (Å²) < 4.78 is 18.6. The molecule has 1 saturated heterocycles. The lowest BCUT2D eigenvalue weighted by Crippen LogP contribution is -2.52. The van der Waals surface area contributed by atoms with Crippen molar-refractivity contribution in [3.8, 4) is 17.4 Å². The minimum absolute atomic E-state index is 0.306. The third-order valence-corrected chi connectivity index (χ3v) is 5.30. The zero-order chi connectivity index (χ0) is 22.3. The number of hydrogen-bond acceptors (Lipinski definition) is 5. The van der Waals surface area contributed by atoms with Crippen LogP contribution in [0.4, 0.5) is 10.1 Å². The molecule has 1 aromatic heterocycles. The van der Waals surface area contributed by atoms with Gasteiger partial charge in [-0.05, 0) is 42.0 Å². The van der Waals surface area contributed by atoms with Gasteiger partial charge in [0, 0.05) is 52.0 Å². The molecular formula is C24H26FN5O2. The number of phenols is 1. The standard InChI is InChI=1S/C24H26FN5O2/c1-26-24(30-14-12-29(13-15-30)21-4-2-3-5-22(21)31)28-17-18-6-11-23(27-16-18)32-20-9-7-19(25)8-10-20/h2-11,16,31H,12-15,17H2,1H3,(H,26,28). The summed E-state index contributed by atoms with van der Waals surface area (Å²) in [6, 6.07) is 17.0. The van der Waals surface area contributed by atoms with Crippen LogP contribution in [0.1, 0.15) is 5.56 Å². The van der Waals surface area contributed by atoms with Crippen LogP contribution in [0, 0.1) is 5.82 Å². The summed E-state index contributed by atoms with van der Waals surface area (Å²) >= 11 is 0. The molecule has 0 radical (unpaired) electrons. The first kappa shape index (κ1) is 21.4. The molecule has 1 aliphatic heterocycles. The van der Waals surface area contributed by atoms with Crippen molar-refractivity contribution in [3.63, 3.8) is 0 Å². The average Bonchev–Trinajstić information content (AvgIpc) is 2.83. The number of nitrogens with one attached hydrogen (secondary N) is 1. The number of pyridine rings is 1. The number of rotatable bonds is 5. The zero-order valence-corrected chi connectivity index (χ0v) is 17.9. The molecule has 2 aromatic carbocycles. The Labute approximate surface area is 186 Å². The van der Waals surface area contributed by atoms with Crippen LogP contribution in [0.5, 0.6) is 17.4 Å². The normalized spacial score (nSPS) is 14.4. The highest BCUT2D eigenvalue weighted by Gasteiger charge is 2.21. The molecule has 32 heavy (non-hydrogen) atoms. The van der Waals surface area contributed by atoms with E-state index in [1.807, 2.05) is 24.3 Å². The second-order valence-corrected chi connectivity index (χ2v) is 7.42. The Kier molecular flexibility index (Phi) is 6.69. The smallest absolute Gasteiger partial charge is 0.219 e. The molecule has 2 N–H and O–H groups in total. The first-order valence-electron chi connectivity index (χ1n) is 10.5. The lowest BCUT2D eigenvalue weighted by molar-refractivity contribution is 0.369. The highest BCUT2D eigenvalue weighted by molar-refractivity contribution is 5.80. The van der Waals surface area contributed by atoms with Crippen molar-refractivity contribution in [1.82, 2.24) is 15.2 Å². The van der Waals surface area contributed by atoms with Crippen molar-refractivity contribution in [1.29, 1.82) is 0 Å². The third kappa shape index (κ3) is 5.26. The van der Waals surface area contributed by atoms with E-state index in [4.69, 9.17) is 4.74 Å². The molecule has 0 unspecified atom stereocenters. The zero-order valence-electron chi connectivity index (χ0n) is 17.9. The van der Waals surface area contributed by atoms with Gasteiger partial charge in [-0.2, -0.15) is 0 Å². The summed E-state index contributed by atoms with van der Waals surface area (Å²) in [4.78, 5) is 13.1. The summed E-state index contributed by atoms with van der Waals surface area (Å²) in [5.41, 5.74) is 1.86. The summed E-state index contributed by atoms with van der Waals surface area (Å²) in [6.45, 7) is 3.79. The van der Waals surface area contributed by atoms with Crippen LogP contribution in [-0.4, -0.2) is 54.2 Å². The van der Waals surface area contributed by atoms with Crippen molar-refractivity contribution in [2.45, 2.75) is 6.54 Å². The topological polar surface area (TPSA) is 73.2 Å². The number of anilines is 1. The van der Waals surface area contributed by atoms with Crippen LogP contribution in [0.25, 0.3) is 0 Å². The first-order valence-corrected chi connectivity index (χ1v) is 10.5. The van der Waals surface area contributed by atoms with Gasteiger partial charge in [0.15, 0.2) is 5.96 Å². The lowest BCUT2D eigenvalue weighted by Gasteiger charge is -2.37. The minimum Gasteiger partial charge on any atom is -0.506 e. The molecule has 4 rings (SSSR count). The molecule has 2 heterocycles. The number of para-hydroxylation sites is 2. The molecule has 0 atom stereocenters. The maximum Gasteiger partial charge on any atom is 0.219 e. The summed E-state index contributed by atoms with van der Waals surface area (Å²) in [5, 5.41) is 13.5. The van der Waals surface area contributed by atoms with E-state index >= 15 is 0 Å². The predicted molar refractivity (Wildman–Crippen MR) is 123 cm³/mol. The molecule has 7 nitrogen and oxygen atoms in total. The van der Waals surface area contributed by atoms with Crippen molar-refractivity contribution < 1.29 is 14.2 Å². The van der Waals surface area contributed by atoms with Gasteiger partial charge in [-0.25, -0.2) is 9.37 Å². The molecule has 0 saturated carbocycles. The van der Waals surface area contributed by atoms with E-state index in [0.29, 0.717) is 23.9 Å². The second kappa shape index (κ2) is 10.00. The monoisotopic (exact) mass is 435 g/mol. The minimum atomic E-state index is -0.306. The highest BCUT2D eigenvalue weighted by atomic mass is 19.1. The van der Waals surface area contributed by atoms with E-state index in [1.54, 1.807) is 37.5 Å². The van der Waals surface area contributed by atoms with Crippen molar-refractivity contribution >= 4 is 11.6 Å². The lowest BCUT2D eigenvalue weighted by atomic mass is 10.2. The van der Waals surface area contributed by atoms with Gasteiger partial charge in [-0.15, -0.1) is 0 Å². The number of aromatic nitrogens is 1. The van der Waals surface area contributed by atoms with E-state index in [9.17, 15) is 9.50 Å². The summed E-state index contributed by atoms with van der Waals surface area (Å²) in [7, 11) is 1.77. The van der Waals surface area contributed by atoms with Gasteiger partial charge in [-0.1, -0.05) is 18.2 Å². The number of aromatic hydroxyl groups is 1. The van der Waals surface area contributed by atoms with Gasteiger partial charge in [-0.3, -0.25) is 4.99 Å². The molecule has 0 bridgehead atoms. The number of guanidine groups is 1. The van der Waals surface area contributed by atoms with Crippen LogP contribution in [0.2, 0.25) is 0 Å². The molecular weight excluding hydrogens is 409 g/mol. The van der Waals surface area contributed by atoms with E-state index in [1.165, 1.54) is 12.1 Å². The molecule has 0 amide bonds. The number of hydrogen-bond donors (Lipinski definition) is 2. The highest BCUT2D eigenvalue weighted by Crippen LogP contribution is 2.27. The van der Waals surface area contributed by atoms with Crippen LogP contribution in [0.15, 0.2) is 71.9 Å². The predicted octanol–water partition coefficient (Wildman–Crippen LogP) is 3.62. The van der Waals surface area contributed by atoms with E-state index in [0.717, 1.165) is 43.4 Å². The Bertz CT molecular complexity index is 1050. The number of ether oxygens (including phenoxy) is 1. The van der Waals surface area contributed by atoms with Crippen molar-refractivity contribution in [2.24, 2.45) is 4.99 Å². The van der Waals surface area contributed by atoms with Gasteiger partial charge < -0.3 is 25.0 Å². The molecule has 1 aliphatic rings. The Morgan fingerprint density at radius 1 is 1.06 bits per heavy atom. The third-order valence-electron chi connectivity index (χ3n) is 5.30. The molecule has 8 heteroatoms. The number of phenolic OH excluding ortho intramolecular Hbond substituents is 1. The Balaban J connectivity index is 1.28. The average molecular weight is 436 g/mol. The van der Waals surface area contributed by atoms with Crippen molar-refractivity contribution in [2.75, 3.05) is 38.1 Å².